The van der Waals surface area contributed by atoms with Gasteiger partial charge < -0.3 is 10.2 Å². The molecule has 2 N–H and O–H groups in total. The Balaban J connectivity index is 1.01. The number of amides is 3. The van der Waals surface area contributed by atoms with Crippen molar-refractivity contribution in [3.63, 3.8) is 0 Å². The Labute approximate surface area is 276 Å². The van der Waals surface area contributed by atoms with Crippen molar-refractivity contribution in [3.8, 4) is 11.8 Å². The van der Waals surface area contributed by atoms with Crippen LogP contribution in [0.3, 0.4) is 0 Å². The third-order valence-corrected chi connectivity index (χ3v) is 9.74. The van der Waals surface area contributed by atoms with Gasteiger partial charge in [0.25, 0.3) is 5.91 Å². The molecule has 2 aliphatic heterocycles. The van der Waals surface area contributed by atoms with Crippen LogP contribution in [0.15, 0.2) is 53.6 Å². The van der Waals surface area contributed by atoms with Gasteiger partial charge in [0.15, 0.2) is 0 Å². The Kier molecular flexibility index (Phi) is 7.62. The summed E-state index contributed by atoms with van der Waals surface area (Å²) >= 11 is 6.06. The molecule has 3 aliphatic rings. The normalized spacial score (nSPS) is 19.3. The number of piperidine rings is 1. The van der Waals surface area contributed by atoms with Crippen LogP contribution in [0.4, 0.5) is 24.5 Å². The molecule has 0 radical (unpaired) electrons. The number of aromatic nitrogens is 4. The molecule has 2 saturated heterocycles. The molecule has 248 valence electrons. The third-order valence-electron chi connectivity index (χ3n) is 9.43. The minimum Gasteiger partial charge on any atom is -0.369 e. The molecule has 11 nitrogen and oxygen atoms in total. The van der Waals surface area contributed by atoms with Gasteiger partial charge >= 0.3 is 11.9 Å². The van der Waals surface area contributed by atoms with Gasteiger partial charge in [0.05, 0.1) is 45.0 Å². The summed E-state index contributed by atoms with van der Waals surface area (Å²) in [5.74, 6) is 5.24. The largest absolute Gasteiger partial charge is 0.416 e. The Hall–Kier alpha value is -5.03. The summed E-state index contributed by atoms with van der Waals surface area (Å²) < 4.78 is 43.6. The zero-order valence-corrected chi connectivity index (χ0v) is 26.4. The number of fused-ring (bicyclic) bond motifs is 1. The molecule has 2 aromatic carbocycles. The van der Waals surface area contributed by atoms with E-state index in [9.17, 15) is 32.3 Å². The first kappa shape index (κ1) is 31.6. The molecule has 3 amide bonds. The van der Waals surface area contributed by atoms with Crippen molar-refractivity contribution in [1.29, 1.82) is 0 Å². The van der Waals surface area contributed by atoms with Gasteiger partial charge in [0, 0.05) is 38.4 Å². The number of nitrogens with one attached hydrogen (secondary N) is 2. The number of aryl methyl sites for hydroxylation is 1. The van der Waals surface area contributed by atoms with E-state index < -0.39 is 35.1 Å². The summed E-state index contributed by atoms with van der Waals surface area (Å²) in [4.78, 5) is 52.6. The summed E-state index contributed by atoms with van der Waals surface area (Å²) in [6, 6.07) is 7.69. The molecule has 48 heavy (non-hydrogen) atoms. The molecule has 1 aliphatic carbocycles. The van der Waals surface area contributed by atoms with E-state index in [0.29, 0.717) is 42.5 Å². The van der Waals surface area contributed by atoms with Crippen LogP contribution in [-0.4, -0.2) is 49.7 Å². The molecule has 1 saturated carbocycles. The first-order valence-electron chi connectivity index (χ1n) is 15.4. The van der Waals surface area contributed by atoms with Crippen LogP contribution in [-0.2, 0) is 33.1 Å². The zero-order valence-electron chi connectivity index (χ0n) is 25.6. The second-order valence-corrected chi connectivity index (χ2v) is 12.8. The van der Waals surface area contributed by atoms with E-state index in [-0.39, 0.29) is 41.1 Å². The predicted octanol–water partition coefficient (Wildman–Crippen LogP) is 4.19. The van der Waals surface area contributed by atoms with Crippen LogP contribution in [0.2, 0.25) is 5.02 Å². The lowest BCUT2D eigenvalue weighted by Crippen LogP contribution is -2.51. The average Bonchev–Trinajstić information content (AvgIpc) is 3.55. The maximum Gasteiger partial charge on any atom is 0.416 e. The Morgan fingerprint density at radius 3 is 2.54 bits per heavy atom. The molecule has 4 heterocycles. The van der Waals surface area contributed by atoms with E-state index in [1.807, 2.05) is 18.2 Å². The van der Waals surface area contributed by atoms with Gasteiger partial charge in [-0.15, -0.1) is 0 Å². The Morgan fingerprint density at radius 2 is 1.88 bits per heavy atom. The van der Waals surface area contributed by atoms with Crippen LogP contribution in [0.1, 0.15) is 49.3 Å². The van der Waals surface area contributed by atoms with Gasteiger partial charge in [0.2, 0.25) is 11.8 Å². The number of carbonyl (C=O) groups is 3. The van der Waals surface area contributed by atoms with Crippen molar-refractivity contribution in [1.82, 2.24) is 24.2 Å². The minimum absolute atomic E-state index is 0.0729. The van der Waals surface area contributed by atoms with Gasteiger partial charge in [-0.25, -0.2) is 4.79 Å². The van der Waals surface area contributed by atoms with Gasteiger partial charge in [0.1, 0.15) is 11.6 Å². The van der Waals surface area contributed by atoms with Crippen LogP contribution < -0.4 is 21.2 Å². The number of nitrogens with zero attached hydrogens (tertiary/aromatic N) is 5. The predicted molar refractivity (Wildman–Crippen MR) is 170 cm³/mol. The number of imidazole rings is 1. The van der Waals surface area contributed by atoms with Crippen molar-refractivity contribution in [2.24, 2.45) is 13.0 Å². The standard InChI is InChI=1S/C33H29ClF3N7O4/c1-41-27-14-22(6-8-25(27)44(31(41)48)26-9-10-28(45)40-29(26)46)42-16-20(17-42)4-3-19-15-38-43(18-19)32(11-2-12-32)30(47)39-24-7-5-21(13-23(24)34)33(35,36)37/h5-8,13-15,18,20,26H,2,9-12,16-17H2,1H3,(H,39,47)(H,40,45,46). The monoisotopic (exact) mass is 679 g/mol. The minimum atomic E-state index is -4.55. The van der Waals surface area contributed by atoms with Crippen molar-refractivity contribution in [2.45, 2.75) is 49.9 Å². The molecule has 3 fully saturated rings. The van der Waals surface area contributed by atoms with Gasteiger partial charge in [-0.2, -0.15) is 18.3 Å². The molecule has 7 rings (SSSR count). The fourth-order valence-electron chi connectivity index (χ4n) is 6.47. The molecule has 2 aromatic heterocycles. The van der Waals surface area contributed by atoms with Gasteiger partial charge in [-0.1, -0.05) is 23.4 Å². The fraction of sp³-hybridized carbons (Fsp3) is 0.364. The fourth-order valence-corrected chi connectivity index (χ4v) is 6.70. The zero-order chi connectivity index (χ0) is 34.0. The Bertz CT molecular complexity index is 2110. The van der Waals surface area contributed by atoms with Crippen LogP contribution in [0.5, 0.6) is 0 Å². The second-order valence-electron chi connectivity index (χ2n) is 12.4. The number of hydrogen-bond acceptors (Lipinski definition) is 6. The van der Waals surface area contributed by atoms with Crippen molar-refractivity contribution >= 4 is 51.7 Å². The second kappa shape index (κ2) is 11.6. The summed E-state index contributed by atoms with van der Waals surface area (Å²) in [6.07, 6.45) is 0.992. The van der Waals surface area contributed by atoms with Crippen LogP contribution >= 0.6 is 11.6 Å². The number of halogens is 4. The van der Waals surface area contributed by atoms with Crippen molar-refractivity contribution in [2.75, 3.05) is 23.3 Å². The van der Waals surface area contributed by atoms with E-state index in [2.05, 4.69) is 32.5 Å². The van der Waals surface area contributed by atoms with Crippen LogP contribution in [0, 0.1) is 17.8 Å². The SMILES string of the molecule is Cn1c(=O)n(C2CCC(=O)NC2=O)c2ccc(N3CC(C#Cc4cnn(C5(C(=O)Nc6ccc(C(F)(F)F)cc6Cl)CCC5)c4)C3)cc21. The highest BCUT2D eigenvalue weighted by molar-refractivity contribution is 6.33. The number of benzene rings is 2. The van der Waals surface area contributed by atoms with E-state index in [0.717, 1.165) is 30.3 Å². The number of hydrogen-bond donors (Lipinski definition) is 2. The maximum absolute atomic E-state index is 13.3. The van der Waals surface area contributed by atoms with E-state index in [4.69, 9.17) is 11.6 Å². The van der Waals surface area contributed by atoms with E-state index in [1.54, 1.807) is 24.1 Å². The molecule has 0 spiro atoms. The molecular weight excluding hydrogens is 651 g/mol. The topological polar surface area (TPSA) is 123 Å². The molecule has 1 atom stereocenters. The Morgan fingerprint density at radius 1 is 1.10 bits per heavy atom. The number of alkyl halides is 3. The molecular formula is C33H29ClF3N7O4. The lowest BCUT2D eigenvalue weighted by Gasteiger charge is -2.40. The van der Waals surface area contributed by atoms with Crippen molar-refractivity contribution in [3.05, 3.63) is 75.4 Å². The molecule has 15 heteroatoms. The quantitative estimate of drug-likeness (QED) is 0.241. The third kappa shape index (κ3) is 5.41. The highest BCUT2D eigenvalue weighted by Gasteiger charge is 2.47. The van der Waals surface area contributed by atoms with E-state index in [1.165, 1.54) is 9.13 Å². The first-order chi connectivity index (χ1) is 22.8. The number of anilines is 2. The summed E-state index contributed by atoms with van der Waals surface area (Å²) in [6.45, 7) is 1.32. The maximum atomic E-state index is 13.3. The molecule has 4 aromatic rings. The highest BCUT2D eigenvalue weighted by Crippen LogP contribution is 2.41. The number of imide groups is 1. The van der Waals surface area contributed by atoms with Gasteiger partial charge in [-0.05, 0) is 62.1 Å². The number of rotatable bonds is 5. The summed E-state index contributed by atoms with van der Waals surface area (Å²) in [5.41, 5.74) is 0.721. The molecule has 0 bridgehead atoms. The van der Waals surface area contributed by atoms with Gasteiger partial charge in [-0.3, -0.25) is 33.5 Å². The summed E-state index contributed by atoms with van der Waals surface area (Å²) in [5, 5.41) is 9.19. The lowest BCUT2D eigenvalue weighted by molar-refractivity contribution is -0.138. The first-order valence-corrected chi connectivity index (χ1v) is 15.8. The average molecular weight is 680 g/mol. The molecule has 1 unspecified atom stereocenters. The van der Waals surface area contributed by atoms with Crippen LogP contribution in [0.25, 0.3) is 11.0 Å². The van der Waals surface area contributed by atoms with Crippen molar-refractivity contribution < 1.29 is 27.6 Å². The smallest absolute Gasteiger partial charge is 0.369 e. The highest BCUT2D eigenvalue weighted by atomic mass is 35.5. The number of carbonyl (C=O) groups excluding carboxylic acids is 3. The lowest BCUT2D eigenvalue weighted by atomic mass is 9.76. The summed E-state index contributed by atoms with van der Waals surface area (Å²) in [7, 11) is 1.66. The van der Waals surface area contributed by atoms with E-state index >= 15 is 0 Å².